The molecule has 0 saturated heterocycles. The van der Waals surface area contributed by atoms with Gasteiger partial charge in [0, 0.05) is 0 Å². The van der Waals surface area contributed by atoms with Crippen molar-refractivity contribution in [3.8, 4) is 5.75 Å². The van der Waals surface area contributed by atoms with Gasteiger partial charge in [-0.3, -0.25) is 0 Å². The third kappa shape index (κ3) is 1.37. The molecule has 11 heavy (non-hydrogen) atoms. The second kappa shape index (κ2) is 2.26. The normalized spacial score (nSPS) is 16.8. The van der Waals surface area contributed by atoms with Gasteiger partial charge in [0.2, 0.25) is 0 Å². The van der Waals surface area contributed by atoms with E-state index in [4.69, 9.17) is 0 Å². The van der Waals surface area contributed by atoms with E-state index in [-0.39, 0.29) is 0 Å². The Morgan fingerprint density at radius 1 is 1.27 bits per heavy atom. The summed E-state index contributed by atoms with van der Waals surface area (Å²) >= 11 is 0. The maximum atomic E-state index is 9.27. The topological polar surface area (TPSA) is 20.2 Å². The maximum Gasteiger partial charge on any atom is 0.116 e. The van der Waals surface area contributed by atoms with Crippen LogP contribution in [-0.4, -0.2) is 5.11 Å². The number of hydrogen-bond acceptors (Lipinski definition) is 1. The fraction of sp³-hybridized carbons (Fsp3) is 0.400. The molecule has 2 rings (SSSR count). The lowest BCUT2D eigenvalue weighted by Crippen LogP contribution is -1.80. The summed E-state index contributed by atoms with van der Waals surface area (Å²) in [7, 11) is 0. The molecule has 1 fully saturated rings. The highest BCUT2D eigenvalue weighted by atomic mass is 16.3. The second-order valence-corrected chi connectivity index (χ2v) is 3.38. The van der Waals surface area contributed by atoms with Crippen molar-refractivity contribution in [3.05, 3.63) is 29.3 Å². The zero-order valence-corrected chi connectivity index (χ0v) is 6.67. The molecule has 1 N–H and O–H groups in total. The summed E-state index contributed by atoms with van der Waals surface area (Å²) in [5.41, 5.74) is 2.47. The van der Waals surface area contributed by atoms with Crippen LogP contribution in [0.1, 0.15) is 29.9 Å². The molecule has 0 spiro atoms. The van der Waals surface area contributed by atoms with Gasteiger partial charge in [-0.25, -0.2) is 0 Å². The lowest BCUT2D eigenvalue weighted by atomic mass is 10.1. The summed E-state index contributed by atoms with van der Waals surface area (Å²) in [6.45, 7) is 2.02. The summed E-state index contributed by atoms with van der Waals surface area (Å²) in [5, 5.41) is 9.27. The molecule has 0 unspecified atom stereocenters. The van der Waals surface area contributed by atoms with Crippen LogP contribution in [0, 0.1) is 6.92 Å². The molecule has 0 radical (unpaired) electrons. The zero-order valence-electron chi connectivity index (χ0n) is 6.67. The van der Waals surface area contributed by atoms with Crippen LogP contribution < -0.4 is 0 Å². The predicted molar refractivity (Wildman–Crippen MR) is 44.8 cm³/mol. The molecular weight excluding hydrogens is 136 g/mol. The predicted octanol–water partition coefficient (Wildman–Crippen LogP) is 2.58. The Labute approximate surface area is 66.7 Å². The van der Waals surface area contributed by atoms with Gasteiger partial charge in [0.05, 0.1) is 0 Å². The van der Waals surface area contributed by atoms with E-state index in [1.54, 1.807) is 6.07 Å². The van der Waals surface area contributed by atoms with Gasteiger partial charge in [-0.2, -0.15) is 0 Å². The first-order chi connectivity index (χ1) is 5.25. The summed E-state index contributed by atoms with van der Waals surface area (Å²) in [6, 6.07) is 5.84. The van der Waals surface area contributed by atoms with Crippen LogP contribution in [0.15, 0.2) is 18.2 Å². The van der Waals surface area contributed by atoms with Gasteiger partial charge in [-0.05, 0) is 48.9 Å². The number of aromatic hydroxyl groups is 1. The van der Waals surface area contributed by atoms with Crippen molar-refractivity contribution < 1.29 is 5.11 Å². The first kappa shape index (κ1) is 6.71. The van der Waals surface area contributed by atoms with Crippen molar-refractivity contribution in [3.63, 3.8) is 0 Å². The Morgan fingerprint density at radius 2 is 2.00 bits per heavy atom. The molecule has 1 saturated carbocycles. The van der Waals surface area contributed by atoms with Crippen LogP contribution in [0.25, 0.3) is 0 Å². The number of aryl methyl sites for hydroxylation is 1. The van der Waals surface area contributed by atoms with Crippen LogP contribution in [0.4, 0.5) is 0 Å². The number of hydrogen-bond donors (Lipinski definition) is 1. The molecule has 1 aromatic carbocycles. The van der Waals surface area contributed by atoms with Crippen molar-refractivity contribution >= 4 is 0 Å². The fourth-order valence-corrected chi connectivity index (χ4v) is 1.44. The summed E-state index contributed by atoms with van der Waals surface area (Å²) in [4.78, 5) is 0. The molecule has 0 aliphatic heterocycles. The first-order valence-corrected chi connectivity index (χ1v) is 4.06. The standard InChI is InChI=1S/C10H12O/c1-7-4-9(8-2-3-8)6-10(11)5-7/h4-6,8,11H,2-3H2,1H3. The lowest BCUT2D eigenvalue weighted by molar-refractivity contribution is 0.474. The molecule has 0 aromatic heterocycles. The van der Waals surface area contributed by atoms with E-state index >= 15 is 0 Å². The molecular formula is C10H12O. The van der Waals surface area contributed by atoms with E-state index in [1.807, 2.05) is 13.0 Å². The Kier molecular flexibility index (Phi) is 1.38. The minimum atomic E-state index is 0.409. The first-order valence-electron chi connectivity index (χ1n) is 4.06. The van der Waals surface area contributed by atoms with E-state index in [0.717, 1.165) is 11.5 Å². The molecule has 58 valence electrons. The van der Waals surface area contributed by atoms with Gasteiger partial charge in [0.25, 0.3) is 0 Å². The molecule has 0 bridgehead atoms. The van der Waals surface area contributed by atoms with E-state index in [1.165, 1.54) is 18.4 Å². The van der Waals surface area contributed by atoms with Crippen molar-refractivity contribution in [2.24, 2.45) is 0 Å². The van der Waals surface area contributed by atoms with Crippen molar-refractivity contribution in [2.75, 3.05) is 0 Å². The van der Waals surface area contributed by atoms with Gasteiger partial charge < -0.3 is 5.11 Å². The fourth-order valence-electron chi connectivity index (χ4n) is 1.44. The summed E-state index contributed by atoms with van der Waals surface area (Å²) in [5.74, 6) is 1.15. The van der Waals surface area contributed by atoms with E-state index in [9.17, 15) is 5.11 Å². The highest BCUT2D eigenvalue weighted by Crippen LogP contribution is 2.41. The number of benzene rings is 1. The van der Waals surface area contributed by atoms with Crippen LogP contribution >= 0.6 is 0 Å². The minimum absolute atomic E-state index is 0.409. The molecule has 0 atom stereocenters. The number of phenols is 1. The average Bonchev–Trinajstić information content (AvgIpc) is 2.64. The molecule has 1 aromatic rings. The van der Waals surface area contributed by atoms with Crippen molar-refractivity contribution in [2.45, 2.75) is 25.7 Å². The molecule has 1 aliphatic rings. The number of phenolic OH excluding ortho intramolecular Hbond substituents is 1. The van der Waals surface area contributed by atoms with Crippen LogP contribution in [0.2, 0.25) is 0 Å². The third-order valence-electron chi connectivity index (χ3n) is 2.13. The van der Waals surface area contributed by atoms with Gasteiger partial charge >= 0.3 is 0 Å². The largest absolute Gasteiger partial charge is 0.508 e. The second-order valence-electron chi connectivity index (χ2n) is 3.38. The molecule has 0 amide bonds. The molecule has 1 nitrogen and oxygen atoms in total. The van der Waals surface area contributed by atoms with E-state index in [2.05, 4.69) is 6.07 Å². The van der Waals surface area contributed by atoms with Crippen LogP contribution in [0.5, 0.6) is 5.75 Å². The smallest absolute Gasteiger partial charge is 0.116 e. The van der Waals surface area contributed by atoms with Crippen LogP contribution in [-0.2, 0) is 0 Å². The van der Waals surface area contributed by atoms with Gasteiger partial charge in [0.1, 0.15) is 5.75 Å². The average molecular weight is 148 g/mol. The summed E-state index contributed by atoms with van der Waals surface area (Å²) < 4.78 is 0. The maximum absolute atomic E-state index is 9.27. The summed E-state index contributed by atoms with van der Waals surface area (Å²) in [6.07, 6.45) is 2.59. The van der Waals surface area contributed by atoms with E-state index in [0.29, 0.717) is 5.75 Å². The number of rotatable bonds is 1. The van der Waals surface area contributed by atoms with Crippen molar-refractivity contribution in [1.82, 2.24) is 0 Å². The quantitative estimate of drug-likeness (QED) is 0.649. The third-order valence-corrected chi connectivity index (χ3v) is 2.13. The molecule has 1 heteroatoms. The highest BCUT2D eigenvalue weighted by Gasteiger charge is 2.23. The van der Waals surface area contributed by atoms with E-state index < -0.39 is 0 Å². The Balaban J connectivity index is 2.39. The lowest BCUT2D eigenvalue weighted by Gasteiger charge is -2.00. The van der Waals surface area contributed by atoms with Gasteiger partial charge in [-0.15, -0.1) is 0 Å². The highest BCUT2D eigenvalue weighted by molar-refractivity contribution is 5.36. The monoisotopic (exact) mass is 148 g/mol. The van der Waals surface area contributed by atoms with Crippen molar-refractivity contribution in [1.29, 1.82) is 0 Å². The Bertz CT molecular complexity index is 254. The molecule has 1 aliphatic carbocycles. The Morgan fingerprint density at radius 3 is 2.55 bits per heavy atom. The van der Waals surface area contributed by atoms with Crippen LogP contribution in [0.3, 0.4) is 0 Å². The SMILES string of the molecule is Cc1cc(O)cc(C2CC2)c1. The zero-order chi connectivity index (χ0) is 7.84. The minimum Gasteiger partial charge on any atom is -0.508 e. The Hall–Kier alpha value is -0.980. The van der Waals surface area contributed by atoms with Gasteiger partial charge in [0.15, 0.2) is 0 Å². The van der Waals surface area contributed by atoms with Gasteiger partial charge in [-0.1, -0.05) is 6.07 Å². The molecule has 0 heterocycles.